The number of benzene rings is 2. The fraction of sp³-hybridized carbons (Fsp3) is 0. The van der Waals surface area contributed by atoms with Gasteiger partial charge in [-0.1, -0.05) is 30.8 Å². The second-order valence-electron chi connectivity index (χ2n) is 3.66. The van der Waals surface area contributed by atoms with Gasteiger partial charge in [-0.25, -0.2) is 0 Å². The predicted molar refractivity (Wildman–Crippen MR) is 70.6 cm³/mol. The largest absolute Gasteiger partial charge is 0.454 e. The van der Waals surface area contributed by atoms with Gasteiger partial charge in [0.2, 0.25) is 0 Å². The van der Waals surface area contributed by atoms with E-state index in [0.717, 1.165) is 5.56 Å². The van der Waals surface area contributed by atoms with Crippen LogP contribution in [0.3, 0.4) is 0 Å². The lowest BCUT2D eigenvalue weighted by Gasteiger charge is -2.12. The molecule has 0 fully saturated rings. The number of rotatable bonds is 3. The quantitative estimate of drug-likeness (QED) is 0.791. The highest BCUT2D eigenvalue weighted by molar-refractivity contribution is 5.67. The van der Waals surface area contributed by atoms with E-state index in [9.17, 15) is 0 Å². The van der Waals surface area contributed by atoms with Crippen molar-refractivity contribution in [3.63, 3.8) is 0 Å². The van der Waals surface area contributed by atoms with Gasteiger partial charge in [-0.05, 0) is 24.3 Å². The first-order valence-corrected chi connectivity index (χ1v) is 5.24. The highest BCUT2D eigenvalue weighted by Gasteiger charge is 2.06. The Morgan fingerprint density at radius 1 is 0.941 bits per heavy atom. The van der Waals surface area contributed by atoms with E-state index >= 15 is 0 Å². The Hall–Kier alpha value is -2.42. The zero-order chi connectivity index (χ0) is 12.3. The van der Waals surface area contributed by atoms with E-state index in [-0.39, 0.29) is 0 Å². The van der Waals surface area contributed by atoms with Crippen LogP contribution in [0, 0.1) is 0 Å². The number of hydrogen-bond donors (Lipinski definition) is 2. The van der Waals surface area contributed by atoms with Gasteiger partial charge in [0.05, 0.1) is 5.69 Å². The smallest absolute Gasteiger partial charge is 0.150 e. The molecule has 2 rings (SSSR count). The van der Waals surface area contributed by atoms with Crippen molar-refractivity contribution in [2.75, 3.05) is 5.73 Å². The molecule has 4 N–H and O–H groups in total. The molecule has 86 valence electrons. The SMILES string of the molecule is C=C(N)c1ccccc1Oc1ccccc1N. The third-order valence-electron chi connectivity index (χ3n) is 2.37. The minimum atomic E-state index is 0.468. The Labute approximate surface area is 100 Å². The fourth-order valence-corrected chi connectivity index (χ4v) is 1.51. The molecular weight excluding hydrogens is 212 g/mol. The summed E-state index contributed by atoms with van der Waals surface area (Å²) in [6.07, 6.45) is 0. The summed E-state index contributed by atoms with van der Waals surface area (Å²) in [7, 11) is 0. The van der Waals surface area contributed by atoms with E-state index in [1.807, 2.05) is 42.5 Å². The second-order valence-corrected chi connectivity index (χ2v) is 3.66. The Morgan fingerprint density at radius 3 is 2.18 bits per heavy atom. The first kappa shape index (κ1) is 11.1. The van der Waals surface area contributed by atoms with Crippen LogP contribution in [-0.2, 0) is 0 Å². The number of nitrogen functional groups attached to an aromatic ring is 1. The molecule has 0 bridgehead atoms. The van der Waals surface area contributed by atoms with Gasteiger partial charge in [-0.3, -0.25) is 0 Å². The lowest BCUT2D eigenvalue weighted by atomic mass is 10.1. The molecule has 3 nitrogen and oxygen atoms in total. The molecular formula is C14H14N2O. The van der Waals surface area contributed by atoms with Crippen LogP contribution in [0.4, 0.5) is 5.69 Å². The van der Waals surface area contributed by atoms with Gasteiger partial charge >= 0.3 is 0 Å². The third kappa shape index (κ3) is 2.39. The van der Waals surface area contributed by atoms with Crippen molar-refractivity contribution in [2.45, 2.75) is 0 Å². The molecule has 0 saturated carbocycles. The van der Waals surface area contributed by atoms with Crippen LogP contribution in [0.2, 0.25) is 0 Å². The molecule has 2 aromatic rings. The average molecular weight is 226 g/mol. The van der Waals surface area contributed by atoms with Gasteiger partial charge in [0, 0.05) is 11.3 Å². The average Bonchev–Trinajstić information content (AvgIpc) is 2.32. The third-order valence-corrected chi connectivity index (χ3v) is 2.37. The molecule has 0 aliphatic carbocycles. The first-order valence-electron chi connectivity index (χ1n) is 5.24. The van der Waals surface area contributed by atoms with Gasteiger partial charge in [0.1, 0.15) is 11.5 Å². The van der Waals surface area contributed by atoms with Crippen molar-refractivity contribution in [3.8, 4) is 11.5 Å². The van der Waals surface area contributed by atoms with Crippen LogP contribution in [-0.4, -0.2) is 0 Å². The van der Waals surface area contributed by atoms with Crippen molar-refractivity contribution < 1.29 is 4.74 Å². The minimum Gasteiger partial charge on any atom is -0.454 e. The van der Waals surface area contributed by atoms with E-state index in [2.05, 4.69) is 6.58 Å². The number of ether oxygens (including phenoxy) is 1. The standard InChI is InChI=1S/C14H14N2O/c1-10(15)11-6-2-4-8-13(11)17-14-9-5-3-7-12(14)16/h2-9H,1,15-16H2. The van der Waals surface area contributed by atoms with E-state index in [1.165, 1.54) is 0 Å². The monoisotopic (exact) mass is 226 g/mol. The molecule has 0 aliphatic rings. The number of anilines is 1. The Morgan fingerprint density at radius 2 is 1.53 bits per heavy atom. The molecule has 0 aliphatic heterocycles. The molecule has 17 heavy (non-hydrogen) atoms. The molecule has 0 aromatic heterocycles. The van der Waals surface area contributed by atoms with Crippen LogP contribution >= 0.6 is 0 Å². The highest BCUT2D eigenvalue weighted by atomic mass is 16.5. The van der Waals surface area contributed by atoms with Crippen molar-refractivity contribution >= 4 is 11.4 Å². The summed E-state index contributed by atoms with van der Waals surface area (Å²) in [5, 5.41) is 0. The molecule has 0 heterocycles. The number of nitrogens with two attached hydrogens (primary N) is 2. The van der Waals surface area contributed by atoms with E-state index in [4.69, 9.17) is 16.2 Å². The zero-order valence-corrected chi connectivity index (χ0v) is 9.39. The molecule has 0 radical (unpaired) electrons. The predicted octanol–water partition coefficient (Wildman–Crippen LogP) is 2.99. The van der Waals surface area contributed by atoms with Gasteiger partial charge in [0.15, 0.2) is 0 Å². The molecule has 3 heteroatoms. The summed E-state index contributed by atoms with van der Waals surface area (Å²) in [4.78, 5) is 0. The summed E-state index contributed by atoms with van der Waals surface area (Å²) < 4.78 is 5.74. The number of hydrogen-bond acceptors (Lipinski definition) is 3. The van der Waals surface area contributed by atoms with Crippen molar-refractivity contribution in [3.05, 3.63) is 60.7 Å². The fourth-order valence-electron chi connectivity index (χ4n) is 1.51. The van der Waals surface area contributed by atoms with Crippen LogP contribution in [0.1, 0.15) is 5.56 Å². The molecule has 2 aromatic carbocycles. The molecule has 0 unspecified atom stereocenters. The van der Waals surface area contributed by atoms with Crippen molar-refractivity contribution in [1.82, 2.24) is 0 Å². The van der Waals surface area contributed by atoms with Crippen LogP contribution < -0.4 is 16.2 Å². The zero-order valence-electron chi connectivity index (χ0n) is 9.39. The van der Waals surface area contributed by atoms with Crippen LogP contribution in [0.15, 0.2) is 55.1 Å². The van der Waals surface area contributed by atoms with E-state index in [1.54, 1.807) is 6.07 Å². The minimum absolute atomic E-state index is 0.468. The first-order chi connectivity index (χ1) is 8.18. The van der Waals surface area contributed by atoms with Gasteiger partial charge < -0.3 is 16.2 Å². The van der Waals surface area contributed by atoms with Crippen LogP contribution in [0.5, 0.6) is 11.5 Å². The second kappa shape index (κ2) is 4.61. The van der Waals surface area contributed by atoms with Gasteiger partial charge in [-0.15, -0.1) is 0 Å². The Kier molecular flexibility index (Phi) is 3.01. The van der Waals surface area contributed by atoms with Gasteiger partial charge in [-0.2, -0.15) is 0 Å². The number of para-hydroxylation sites is 3. The summed E-state index contributed by atoms with van der Waals surface area (Å²) in [5.74, 6) is 1.26. The van der Waals surface area contributed by atoms with Crippen molar-refractivity contribution in [1.29, 1.82) is 0 Å². The normalized spacial score (nSPS) is 9.88. The summed E-state index contributed by atoms with van der Waals surface area (Å²) in [5.41, 5.74) is 13.3. The molecule has 0 saturated heterocycles. The molecule has 0 spiro atoms. The molecule has 0 atom stereocenters. The maximum Gasteiger partial charge on any atom is 0.150 e. The van der Waals surface area contributed by atoms with E-state index < -0.39 is 0 Å². The van der Waals surface area contributed by atoms with E-state index in [0.29, 0.717) is 22.9 Å². The Bertz CT molecular complexity index is 549. The van der Waals surface area contributed by atoms with Gasteiger partial charge in [0.25, 0.3) is 0 Å². The maximum absolute atomic E-state index is 5.82. The lowest BCUT2D eigenvalue weighted by Crippen LogP contribution is -1.98. The topological polar surface area (TPSA) is 61.3 Å². The maximum atomic E-state index is 5.82. The Balaban J connectivity index is 2.37. The summed E-state index contributed by atoms with van der Waals surface area (Å²) in [6, 6.07) is 14.8. The van der Waals surface area contributed by atoms with Crippen LogP contribution in [0.25, 0.3) is 5.70 Å². The summed E-state index contributed by atoms with van der Waals surface area (Å²) in [6.45, 7) is 3.72. The van der Waals surface area contributed by atoms with Crippen molar-refractivity contribution in [2.24, 2.45) is 5.73 Å². The molecule has 0 amide bonds. The lowest BCUT2D eigenvalue weighted by molar-refractivity contribution is 0.483. The highest BCUT2D eigenvalue weighted by Crippen LogP contribution is 2.30. The summed E-state index contributed by atoms with van der Waals surface area (Å²) >= 11 is 0.